The molecule has 1 saturated heterocycles. The van der Waals surface area contributed by atoms with E-state index in [1.54, 1.807) is 0 Å². The van der Waals surface area contributed by atoms with Gasteiger partial charge >= 0.3 is 6.03 Å². The number of nitrogens with one attached hydrogen (secondary N) is 1. The zero-order valence-corrected chi connectivity index (χ0v) is 10.1. The second-order valence-corrected chi connectivity index (χ2v) is 4.92. The molecule has 0 radical (unpaired) electrons. The third-order valence-electron chi connectivity index (χ3n) is 3.72. The van der Waals surface area contributed by atoms with Gasteiger partial charge in [-0.25, -0.2) is 4.79 Å². The summed E-state index contributed by atoms with van der Waals surface area (Å²) in [6.07, 6.45) is 4.94. The first kappa shape index (κ1) is 11.7. The fourth-order valence-electron chi connectivity index (χ4n) is 2.55. The van der Waals surface area contributed by atoms with Gasteiger partial charge in [-0.3, -0.25) is 0 Å². The first-order valence-corrected chi connectivity index (χ1v) is 6.40. The molecule has 1 saturated carbocycles. The van der Waals surface area contributed by atoms with E-state index < -0.39 is 0 Å². The van der Waals surface area contributed by atoms with Gasteiger partial charge in [0.2, 0.25) is 0 Å². The highest BCUT2D eigenvalue weighted by molar-refractivity contribution is 5.74. The van der Waals surface area contributed by atoms with E-state index in [0.29, 0.717) is 25.2 Å². The summed E-state index contributed by atoms with van der Waals surface area (Å²) in [5.74, 6) is 0.624. The summed E-state index contributed by atoms with van der Waals surface area (Å²) in [7, 11) is 0. The molecule has 0 bridgehead atoms. The molecule has 0 spiro atoms. The Morgan fingerprint density at radius 2 is 1.94 bits per heavy atom. The van der Waals surface area contributed by atoms with Gasteiger partial charge in [0.1, 0.15) is 0 Å². The smallest absolute Gasteiger partial charge is 0.317 e. The number of hydrogen-bond acceptors (Lipinski definition) is 2. The predicted octanol–water partition coefficient (Wildman–Crippen LogP) is 1.61. The van der Waals surface area contributed by atoms with Crippen LogP contribution < -0.4 is 5.32 Å². The summed E-state index contributed by atoms with van der Waals surface area (Å²) >= 11 is 0. The van der Waals surface area contributed by atoms with Gasteiger partial charge in [-0.15, -0.1) is 0 Å². The molecular formula is C12H22N2O2. The molecule has 16 heavy (non-hydrogen) atoms. The van der Waals surface area contributed by atoms with Crippen LogP contribution in [0.4, 0.5) is 4.79 Å². The Bertz CT molecular complexity index is 239. The molecule has 4 heteroatoms. The van der Waals surface area contributed by atoms with E-state index in [0.717, 1.165) is 19.5 Å². The molecule has 4 nitrogen and oxygen atoms in total. The molecule has 0 aromatic rings. The Morgan fingerprint density at radius 3 is 2.62 bits per heavy atom. The Kier molecular flexibility index (Phi) is 4.04. The molecule has 92 valence electrons. The van der Waals surface area contributed by atoms with Crippen molar-refractivity contribution in [3.8, 4) is 0 Å². The average Bonchev–Trinajstić information content (AvgIpc) is 2.33. The summed E-state index contributed by atoms with van der Waals surface area (Å²) in [4.78, 5) is 13.8. The lowest BCUT2D eigenvalue weighted by atomic mass is 9.86. The van der Waals surface area contributed by atoms with Crippen molar-refractivity contribution < 1.29 is 9.53 Å². The van der Waals surface area contributed by atoms with Crippen LogP contribution in [0.1, 0.15) is 32.6 Å². The van der Waals surface area contributed by atoms with Gasteiger partial charge in [-0.2, -0.15) is 0 Å². The first-order chi connectivity index (χ1) is 7.77. The van der Waals surface area contributed by atoms with E-state index in [4.69, 9.17) is 4.74 Å². The van der Waals surface area contributed by atoms with E-state index in [1.165, 1.54) is 19.3 Å². The van der Waals surface area contributed by atoms with Crippen molar-refractivity contribution in [3.63, 3.8) is 0 Å². The summed E-state index contributed by atoms with van der Waals surface area (Å²) < 4.78 is 5.24. The number of ether oxygens (including phenoxy) is 1. The van der Waals surface area contributed by atoms with Crippen LogP contribution in [0, 0.1) is 5.92 Å². The minimum Gasteiger partial charge on any atom is -0.378 e. The van der Waals surface area contributed by atoms with Crippen LogP contribution in [0.5, 0.6) is 0 Å². The molecule has 1 aliphatic carbocycles. The predicted molar refractivity (Wildman–Crippen MR) is 62.3 cm³/mol. The van der Waals surface area contributed by atoms with Crippen LogP contribution >= 0.6 is 0 Å². The number of carbonyl (C=O) groups is 1. The SMILES string of the molecule is CC1CCCCC1NC(=O)N1CCOCC1. The average molecular weight is 226 g/mol. The van der Waals surface area contributed by atoms with Crippen molar-refractivity contribution in [1.29, 1.82) is 0 Å². The van der Waals surface area contributed by atoms with Gasteiger partial charge in [-0.1, -0.05) is 19.8 Å². The summed E-state index contributed by atoms with van der Waals surface area (Å²) in [6, 6.07) is 0.478. The number of amides is 2. The van der Waals surface area contributed by atoms with Crippen molar-refractivity contribution in [2.24, 2.45) is 5.92 Å². The van der Waals surface area contributed by atoms with E-state index in [9.17, 15) is 4.79 Å². The largest absolute Gasteiger partial charge is 0.378 e. The lowest BCUT2D eigenvalue weighted by molar-refractivity contribution is 0.0515. The number of carbonyl (C=O) groups excluding carboxylic acids is 1. The fourth-order valence-corrected chi connectivity index (χ4v) is 2.55. The summed E-state index contributed by atoms with van der Waals surface area (Å²) in [6.45, 7) is 5.05. The molecule has 2 amide bonds. The Hall–Kier alpha value is -0.770. The highest BCUT2D eigenvalue weighted by Crippen LogP contribution is 2.23. The Morgan fingerprint density at radius 1 is 1.25 bits per heavy atom. The maximum absolute atomic E-state index is 12.0. The normalized spacial score (nSPS) is 31.2. The maximum atomic E-state index is 12.0. The second-order valence-electron chi connectivity index (χ2n) is 4.92. The van der Waals surface area contributed by atoms with Crippen LogP contribution in [0.25, 0.3) is 0 Å². The van der Waals surface area contributed by atoms with Crippen molar-refractivity contribution in [2.75, 3.05) is 26.3 Å². The number of nitrogens with zero attached hydrogens (tertiary/aromatic N) is 1. The number of rotatable bonds is 1. The van der Waals surface area contributed by atoms with Gasteiger partial charge in [0.25, 0.3) is 0 Å². The highest BCUT2D eigenvalue weighted by Gasteiger charge is 2.25. The topological polar surface area (TPSA) is 41.6 Å². The van der Waals surface area contributed by atoms with Crippen LogP contribution in [0.2, 0.25) is 0 Å². The zero-order valence-electron chi connectivity index (χ0n) is 10.1. The lowest BCUT2D eigenvalue weighted by Crippen LogP contribution is -2.51. The molecule has 0 aromatic carbocycles. The molecule has 2 rings (SSSR count). The number of morpholine rings is 1. The number of hydrogen-bond donors (Lipinski definition) is 1. The van der Waals surface area contributed by atoms with E-state index in [2.05, 4.69) is 12.2 Å². The highest BCUT2D eigenvalue weighted by atomic mass is 16.5. The van der Waals surface area contributed by atoms with Crippen molar-refractivity contribution in [2.45, 2.75) is 38.6 Å². The van der Waals surface area contributed by atoms with Crippen LogP contribution in [0.15, 0.2) is 0 Å². The third-order valence-corrected chi connectivity index (χ3v) is 3.72. The van der Waals surface area contributed by atoms with E-state index in [-0.39, 0.29) is 6.03 Å². The van der Waals surface area contributed by atoms with Crippen molar-refractivity contribution >= 4 is 6.03 Å². The monoisotopic (exact) mass is 226 g/mol. The molecule has 2 unspecified atom stereocenters. The standard InChI is InChI=1S/C12H22N2O2/c1-10-4-2-3-5-11(10)13-12(15)14-6-8-16-9-7-14/h10-11H,2-9H2,1H3,(H,13,15). The van der Waals surface area contributed by atoms with Gasteiger partial charge in [-0.05, 0) is 18.8 Å². The molecule has 2 aliphatic rings. The van der Waals surface area contributed by atoms with E-state index >= 15 is 0 Å². The summed E-state index contributed by atoms with van der Waals surface area (Å²) in [5, 5.41) is 3.17. The maximum Gasteiger partial charge on any atom is 0.317 e. The van der Waals surface area contributed by atoms with Gasteiger partial charge in [0.15, 0.2) is 0 Å². The second kappa shape index (κ2) is 5.53. The molecule has 2 atom stereocenters. The zero-order chi connectivity index (χ0) is 11.4. The van der Waals surface area contributed by atoms with Gasteiger partial charge in [0.05, 0.1) is 13.2 Å². The Labute approximate surface area is 97.3 Å². The van der Waals surface area contributed by atoms with Gasteiger partial charge < -0.3 is 15.0 Å². The van der Waals surface area contributed by atoms with Crippen molar-refractivity contribution in [1.82, 2.24) is 10.2 Å². The fraction of sp³-hybridized carbons (Fsp3) is 0.917. The van der Waals surface area contributed by atoms with Gasteiger partial charge in [0, 0.05) is 19.1 Å². The minimum absolute atomic E-state index is 0.0991. The molecule has 0 aromatic heterocycles. The molecule has 2 fully saturated rings. The molecular weight excluding hydrogens is 204 g/mol. The number of urea groups is 1. The quantitative estimate of drug-likeness (QED) is 0.738. The van der Waals surface area contributed by atoms with Crippen molar-refractivity contribution in [3.05, 3.63) is 0 Å². The van der Waals surface area contributed by atoms with Crippen LogP contribution in [0.3, 0.4) is 0 Å². The first-order valence-electron chi connectivity index (χ1n) is 6.40. The summed E-state index contributed by atoms with van der Waals surface area (Å²) in [5.41, 5.74) is 0. The molecule has 1 heterocycles. The van der Waals surface area contributed by atoms with E-state index in [1.807, 2.05) is 4.90 Å². The van der Waals surface area contributed by atoms with Crippen LogP contribution in [-0.2, 0) is 4.74 Å². The molecule has 1 N–H and O–H groups in total. The van der Waals surface area contributed by atoms with Crippen LogP contribution in [-0.4, -0.2) is 43.3 Å². The Balaban J connectivity index is 1.80. The molecule has 1 aliphatic heterocycles. The third kappa shape index (κ3) is 2.88. The lowest BCUT2D eigenvalue weighted by Gasteiger charge is -2.33. The minimum atomic E-state index is 0.0991.